The van der Waals surface area contributed by atoms with Crippen LogP contribution in [-0.2, 0) is 9.59 Å². The lowest BCUT2D eigenvalue weighted by molar-refractivity contribution is -0.126. The van der Waals surface area contributed by atoms with E-state index in [1.165, 1.54) is 12.8 Å². The van der Waals surface area contributed by atoms with E-state index in [2.05, 4.69) is 15.6 Å². The number of nitrogens with zero attached hydrogens (tertiary/aromatic N) is 1. The average molecular weight is 245 g/mol. The topological polar surface area (TPSA) is 71.1 Å². The van der Waals surface area contributed by atoms with Gasteiger partial charge < -0.3 is 10.6 Å². The fourth-order valence-electron chi connectivity index (χ4n) is 2.21. The molecule has 3 rings (SSSR count). The summed E-state index contributed by atoms with van der Waals surface area (Å²) in [7, 11) is 0. The van der Waals surface area contributed by atoms with Crippen molar-refractivity contribution in [2.75, 3.05) is 11.9 Å². The highest BCUT2D eigenvalue weighted by atomic mass is 16.2. The summed E-state index contributed by atoms with van der Waals surface area (Å²) in [5.74, 6) is 0.542. The van der Waals surface area contributed by atoms with E-state index < -0.39 is 5.92 Å². The van der Waals surface area contributed by atoms with Gasteiger partial charge in [0, 0.05) is 24.7 Å². The molecular formula is C13H15N3O2. The Balaban J connectivity index is 1.78. The van der Waals surface area contributed by atoms with Crippen molar-refractivity contribution in [3.05, 3.63) is 23.9 Å². The number of hydrogen-bond acceptors (Lipinski definition) is 3. The highest BCUT2D eigenvalue weighted by Gasteiger charge is 2.32. The molecule has 1 aliphatic heterocycles. The third kappa shape index (κ3) is 2.20. The molecule has 1 unspecified atom stereocenters. The third-order valence-corrected chi connectivity index (χ3v) is 3.44. The average Bonchev–Trinajstić information content (AvgIpc) is 3.19. The van der Waals surface area contributed by atoms with E-state index >= 15 is 0 Å². The van der Waals surface area contributed by atoms with Gasteiger partial charge in [0.1, 0.15) is 5.82 Å². The van der Waals surface area contributed by atoms with Crippen molar-refractivity contribution in [3.8, 4) is 0 Å². The molecule has 2 aliphatic rings. The summed E-state index contributed by atoms with van der Waals surface area (Å²) in [5, 5.41) is 5.62. The van der Waals surface area contributed by atoms with Crippen LogP contribution >= 0.6 is 0 Å². The van der Waals surface area contributed by atoms with Gasteiger partial charge in [0.15, 0.2) is 0 Å². The Kier molecular flexibility index (Phi) is 2.74. The van der Waals surface area contributed by atoms with E-state index in [0.717, 1.165) is 12.1 Å². The van der Waals surface area contributed by atoms with Crippen LogP contribution in [0.3, 0.4) is 0 Å². The lowest BCUT2D eigenvalue weighted by Crippen LogP contribution is -2.36. The first-order valence-corrected chi connectivity index (χ1v) is 6.26. The van der Waals surface area contributed by atoms with Crippen LogP contribution in [0.25, 0.3) is 0 Å². The summed E-state index contributed by atoms with van der Waals surface area (Å²) < 4.78 is 0. The molecule has 1 saturated carbocycles. The van der Waals surface area contributed by atoms with Gasteiger partial charge in [0.05, 0.1) is 5.92 Å². The lowest BCUT2D eigenvalue weighted by atomic mass is 9.92. The standard InChI is InChI=1S/C13H15N3O2/c17-11-6-10(13(18)15-7-8-3-4-8)9-2-1-5-14-12(9)16-11/h1-2,5,8,10H,3-4,6-7H2,(H,15,18)(H,14,16,17). The Morgan fingerprint density at radius 3 is 3.11 bits per heavy atom. The number of nitrogens with one attached hydrogen (secondary N) is 2. The second kappa shape index (κ2) is 4.40. The molecule has 1 fully saturated rings. The zero-order valence-electron chi connectivity index (χ0n) is 9.98. The van der Waals surface area contributed by atoms with Gasteiger partial charge in [-0.2, -0.15) is 0 Å². The second-order valence-corrected chi connectivity index (χ2v) is 4.93. The predicted molar refractivity (Wildman–Crippen MR) is 66.0 cm³/mol. The summed E-state index contributed by atoms with van der Waals surface area (Å²) in [5.41, 5.74) is 0.811. The molecule has 18 heavy (non-hydrogen) atoms. The summed E-state index contributed by atoms with van der Waals surface area (Å²) >= 11 is 0. The number of carbonyl (C=O) groups is 2. The zero-order valence-corrected chi connectivity index (χ0v) is 9.98. The Hall–Kier alpha value is -1.91. The first-order valence-electron chi connectivity index (χ1n) is 6.26. The molecule has 1 aromatic rings. The van der Waals surface area contributed by atoms with Gasteiger partial charge in [-0.15, -0.1) is 0 Å². The van der Waals surface area contributed by atoms with Crippen molar-refractivity contribution in [1.82, 2.24) is 10.3 Å². The number of carbonyl (C=O) groups excluding carboxylic acids is 2. The van der Waals surface area contributed by atoms with Gasteiger partial charge in [0.2, 0.25) is 11.8 Å². The number of amides is 2. The number of hydrogen-bond donors (Lipinski definition) is 2. The Bertz CT molecular complexity index is 497. The number of fused-ring (bicyclic) bond motifs is 1. The molecule has 2 heterocycles. The molecule has 5 heteroatoms. The van der Waals surface area contributed by atoms with E-state index in [0.29, 0.717) is 11.7 Å². The molecule has 0 spiro atoms. The van der Waals surface area contributed by atoms with Crippen molar-refractivity contribution in [1.29, 1.82) is 0 Å². The van der Waals surface area contributed by atoms with Gasteiger partial charge in [0.25, 0.3) is 0 Å². The van der Waals surface area contributed by atoms with Gasteiger partial charge in [-0.1, -0.05) is 6.07 Å². The summed E-state index contributed by atoms with van der Waals surface area (Å²) in [6, 6.07) is 3.64. The molecule has 0 radical (unpaired) electrons. The molecule has 0 aromatic carbocycles. The predicted octanol–water partition coefficient (Wildman–Crippen LogP) is 1.03. The smallest absolute Gasteiger partial charge is 0.228 e. The Morgan fingerprint density at radius 2 is 2.33 bits per heavy atom. The summed E-state index contributed by atoms with van der Waals surface area (Å²) in [6.07, 6.45) is 4.21. The maximum Gasteiger partial charge on any atom is 0.228 e. The normalized spacial score (nSPS) is 22.0. The number of aromatic nitrogens is 1. The highest BCUT2D eigenvalue weighted by Crippen LogP contribution is 2.31. The number of pyridine rings is 1. The van der Waals surface area contributed by atoms with Gasteiger partial charge >= 0.3 is 0 Å². The maximum atomic E-state index is 12.1. The van der Waals surface area contributed by atoms with Crippen LogP contribution in [0.1, 0.15) is 30.7 Å². The number of anilines is 1. The molecule has 1 aliphatic carbocycles. The molecular weight excluding hydrogens is 230 g/mol. The Morgan fingerprint density at radius 1 is 1.50 bits per heavy atom. The van der Waals surface area contributed by atoms with E-state index in [-0.39, 0.29) is 18.2 Å². The molecule has 1 atom stereocenters. The van der Waals surface area contributed by atoms with Crippen molar-refractivity contribution >= 4 is 17.6 Å². The van der Waals surface area contributed by atoms with E-state index in [9.17, 15) is 9.59 Å². The van der Waals surface area contributed by atoms with Crippen LogP contribution in [0.4, 0.5) is 5.82 Å². The van der Waals surface area contributed by atoms with Crippen LogP contribution in [0.15, 0.2) is 18.3 Å². The largest absolute Gasteiger partial charge is 0.355 e. The van der Waals surface area contributed by atoms with Crippen LogP contribution in [0.5, 0.6) is 0 Å². The van der Waals surface area contributed by atoms with E-state index in [1.807, 2.05) is 6.07 Å². The van der Waals surface area contributed by atoms with Crippen LogP contribution in [0.2, 0.25) is 0 Å². The monoisotopic (exact) mass is 245 g/mol. The first kappa shape index (κ1) is 11.2. The molecule has 2 N–H and O–H groups in total. The van der Waals surface area contributed by atoms with Crippen molar-refractivity contribution < 1.29 is 9.59 Å². The number of rotatable bonds is 3. The van der Waals surface area contributed by atoms with Crippen molar-refractivity contribution in [3.63, 3.8) is 0 Å². The van der Waals surface area contributed by atoms with Crippen LogP contribution in [0, 0.1) is 5.92 Å². The first-order chi connectivity index (χ1) is 8.74. The fraction of sp³-hybridized carbons (Fsp3) is 0.462. The minimum atomic E-state index is -0.402. The van der Waals surface area contributed by atoms with E-state index in [4.69, 9.17) is 0 Å². The van der Waals surface area contributed by atoms with Gasteiger partial charge in [-0.3, -0.25) is 9.59 Å². The molecule has 0 saturated heterocycles. The summed E-state index contributed by atoms with van der Waals surface area (Å²) in [6.45, 7) is 0.729. The van der Waals surface area contributed by atoms with E-state index in [1.54, 1.807) is 12.3 Å². The second-order valence-electron chi connectivity index (χ2n) is 4.93. The van der Waals surface area contributed by atoms with Crippen LogP contribution < -0.4 is 10.6 Å². The minimum absolute atomic E-state index is 0.0639. The zero-order chi connectivity index (χ0) is 12.5. The fourth-order valence-corrected chi connectivity index (χ4v) is 2.21. The van der Waals surface area contributed by atoms with Crippen LogP contribution in [-0.4, -0.2) is 23.3 Å². The minimum Gasteiger partial charge on any atom is -0.355 e. The molecule has 0 bridgehead atoms. The summed E-state index contributed by atoms with van der Waals surface area (Å²) in [4.78, 5) is 27.8. The third-order valence-electron chi connectivity index (χ3n) is 3.44. The maximum absolute atomic E-state index is 12.1. The Labute approximate surface area is 105 Å². The SMILES string of the molecule is O=C1CC(C(=O)NCC2CC2)c2cccnc2N1. The highest BCUT2D eigenvalue weighted by molar-refractivity contribution is 6.00. The van der Waals surface area contributed by atoms with Crippen molar-refractivity contribution in [2.45, 2.75) is 25.2 Å². The lowest BCUT2D eigenvalue weighted by Gasteiger charge is -2.23. The van der Waals surface area contributed by atoms with Gasteiger partial charge in [-0.25, -0.2) is 4.98 Å². The van der Waals surface area contributed by atoms with Gasteiger partial charge in [-0.05, 0) is 24.8 Å². The molecule has 5 nitrogen and oxygen atoms in total. The molecule has 1 aromatic heterocycles. The quantitative estimate of drug-likeness (QED) is 0.835. The molecule has 2 amide bonds. The van der Waals surface area contributed by atoms with Crippen molar-refractivity contribution in [2.24, 2.45) is 5.92 Å². The molecule has 94 valence electrons.